The van der Waals surface area contributed by atoms with Gasteiger partial charge >= 0.3 is 17.9 Å². The van der Waals surface area contributed by atoms with Crippen LogP contribution in [-0.4, -0.2) is 46.3 Å². The Balaban J connectivity index is 4.42. The lowest BCUT2D eigenvalue weighted by molar-refractivity contribution is -0.160. The second-order valence-corrected chi connectivity index (χ2v) is 4.78. The molecular weight excluding hydrogens is 242 g/mol. The third kappa shape index (κ3) is 8.51. The summed E-state index contributed by atoms with van der Waals surface area (Å²) in [5, 5.41) is 19.7. The first-order chi connectivity index (χ1) is 8.11. The number of hydrogen-bond donors (Lipinski definition) is 3. The first-order valence-electron chi connectivity index (χ1n) is 5.51. The highest BCUT2D eigenvalue weighted by Crippen LogP contribution is 2.09. The molecule has 0 spiro atoms. The third-order valence-electron chi connectivity index (χ3n) is 1.80. The quantitative estimate of drug-likeness (QED) is 0.562. The fraction of sp³-hybridized carbons (Fsp3) is 0.727. The molecule has 0 aromatic rings. The molecule has 0 aliphatic carbocycles. The SMILES string of the molecule is CC(C)(C)OC(=O)C(CC(=O)O)NCCC(=O)O. The van der Waals surface area contributed by atoms with Gasteiger partial charge in [-0.3, -0.25) is 14.4 Å². The van der Waals surface area contributed by atoms with Gasteiger partial charge in [-0.05, 0) is 20.8 Å². The number of carbonyl (C=O) groups excluding carboxylic acids is 1. The maximum Gasteiger partial charge on any atom is 0.324 e. The standard InChI is InChI=1S/C11H19NO6/c1-11(2,3)18-10(17)7(6-9(15)16)12-5-4-8(13)14/h7,12H,4-6H2,1-3H3,(H,13,14)(H,15,16). The molecule has 18 heavy (non-hydrogen) atoms. The van der Waals surface area contributed by atoms with Crippen LogP contribution < -0.4 is 5.32 Å². The van der Waals surface area contributed by atoms with Crippen molar-refractivity contribution in [3.63, 3.8) is 0 Å². The summed E-state index contributed by atoms with van der Waals surface area (Å²) in [5.74, 6) is -2.88. The minimum atomic E-state index is -1.16. The molecule has 0 radical (unpaired) electrons. The zero-order valence-electron chi connectivity index (χ0n) is 10.7. The van der Waals surface area contributed by atoms with E-state index in [4.69, 9.17) is 14.9 Å². The van der Waals surface area contributed by atoms with Gasteiger partial charge in [0, 0.05) is 6.54 Å². The molecule has 0 aromatic carbocycles. The second-order valence-electron chi connectivity index (χ2n) is 4.78. The number of nitrogens with one attached hydrogen (secondary N) is 1. The summed E-state index contributed by atoms with van der Waals surface area (Å²) in [4.78, 5) is 32.6. The van der Waals surface area contributed by atoms with Crippen LogP contribution in [0.25, 0.3) is 0 Å². The monoisotopic (exact) mass is 261 g/mol. The molecule has 0 rings (SSSR count). The zero-order chi connectivity index (χ0) is 14.3. The number of hydrogen-bond acceptors (Lipinski definition) is 5. The Morgan fingerprint density at radius 1 is 1.17 bits per heavy atom. The smallest absolute Gasteiger partial charge is 0.324 e. The number of ether oxygens (including phenoxy) is 1. The van der Waals surface area contributed by atoms with Gasteiger partial charge in [-0.2, -0.15) is 0 Å². The molecule has 3 N–H and O–H groups in total. The molecule has 1 unspecified atom stereocenters. The minimum absolute atomic E-state index is 0.00647. The first kappa shape index (κ1) is 16.4. The van der Waals surface area contributed by atoms with Crippen LogP contribution in [0.2, 0.25) is 0 Å². The van der Waals surface area contributed by atoms with E-state index >= 15 is 0 Å². The molecule has 104 valence electrons. The molecule has 0 aliphatic rings. The van der Waals surface area contributed by atoms with E-state index in [1.807, 2.05) is 0 Å². The molecule has 0 aliphatic heterocycles. The van der Waals surface area contributed by atoms with Crippen LogP contribution in [0.1, 0.15) is 33.6 Å². The first-order valence-corrected chi connectivity index (χ1v) is 5.51. The zero-order valence-corrected chi connectivity index (χ0v) is 10.7. The molecule has 0 amide bonds. The van der Waals surface area contributed by atoms with Gasteiger partial charge in [0.1, 0.15) is 11.6 Å². The highest BCUT2D eigenvalue weighted by atomic mass is 16.6. The van der Waals surface area contributed by atoms with E-state index in [1.54, 1.807) is 20.8 Å². The van der Waals surface area contributed by atoms with Crippen molar-refractivity contribution in [1.82, 2.24) is 5.32 Å². The lowest BCUT2D eigenvalue weighted by atomic mass is 10.1. The fourth-order valence-corrected chi connectivity index (χ4v) is 1.14. The number of carboxylic acid groups (broad SMARTS) is 2. The predicted octanol–water partition coefficient (Wildman–Crippen LogP) is 0.236. The summed E-state index contributed by atoms with van der Waals surface area (Å²) in [6.07, 6.45) is -0.645. The van der Waals surface area contributed by atoms with Crippen molar-refractivity contribution in [3.05, 3.63) is 0 Å². The number of carbonyl (C=O) groups is 3. The minimum Gasteiger partial charge on any atom is -0.481 e. The predicted molar refractivity (Wildman–Crippen MR) is 62.1 cm³/mol. The number of aliphatic carboxylic acids is 2. The van der Waals surface area contributed by atoms with Gasteiger partial charge in [-0.15, -0.1) is 0 Å². The summed E-state index contributed by atoms with van der Waals surface area (Å²) in [6, 6.07) is -1.04. The second kappa shape index (κ2) is 6.95. The van der Waals surface area contributed by atoms with Crippen LogP contribution in [0, 0.1) is 0 Å². The molecule has 0 saturated carbocycles. The Morgan fingerprint density at radius 3 is 2.11 bits per heavy atom. The van der Waals surface area contributed by atoms with Crippen molar-refractivity contribution in [2.75, 3.05) is 6.54 Å². The van der Waals surface area contributed by atoms with E-state index in [9.17, 15) is 14.4 Å². The Bertz CT molecular complexity index is 320. The van der Waals surface area contributed by atoms with Crippen LogP contribution in [-0.2, 0) is 19.1 Å². The van der Waals surface area contributed by atoms with Gasteiger partial charge in [0.2, 0.25) is 0 Å². The molecule has 0 fully saturated rings. The summed E-state index contributed by atoms with van der Waals surface area (Å²) >= 11 is 0. The summed E-state index contributed by atoms with van der Waals surface area (Å²) in [7, 11) is 0. The molecule has 7 nitrogen and oxygen atoms in total. The van der Waals surface area contributed by atoms with E-state index in [1.165, 1.54) is 0 Å². The molecule has 1 atom stereocenters. The third-order valence-corrected chi connectivity index (χ3v) is 1.80. The van der Waals surface area contributed by atoms with Crippen LogP contribution >= 0.6 is 0 Å². The fourth-order valence-electron chi connectivity index (χ4n) is 1.14. The molecular formula is C11H19NO6. The van der Waals surface area contributed by atoms with Gasteiger partial charge in [-0.25, -0.2) is 0 Å². The number of rotatable bonds is 7. The van der Waals surface area contributed by atoms with Crippen molar-refractivity contribution in [1.29, 1.82) is 0 Å². The molecule has 0 aromatic heterocycles. The lowest BCUT2D eigenvalue weighted by Gasteiger charge is -2.23. The van der Waals surface area contributed by atoms with Crippen molar-refractivity contribution < 1.29 is 29.3 Å². The number of esters is 1. The summed E-state index contributed by atoms with van der Waals surface area (Å²) in [5.41, 5.74) is -0.720. The molecule has 0 heterocycles. The number of carboxylic acids is 2. The van der Waals surface area contributed by atoms with Gasteiger partial charge in [0.05, 0.1) is 12.8 Å². The Morgan fingerprint density at radius 2 is 1.72 bits per heavy atom. The van der Waals surface area contributed by atoms with Crippen LogP contribution in [0.3, 0.4) is 0 Å². The molecule has 0 bridgehead atoms. The maximum absolute atomic E-state index is 11.7. The molecule has 7 heteroatoms. The topological polar surface area (TPSA) is 113 Å². The van der Waals surface area contributed by atoms with E-state index in [-0.39, 0.29) is 13.0 Å². The van der Waals surface area contributed by atoms with E-state index in [2.05, 4.69) is 5.32 Å². The van der Waals surface area contributed by atoms with Gasteiger partial charge in [0.15, 0.2) is 0 Å². The van der Waals surface area contributed by atoms with E-state index in [0.29, 0.717) is 0 Å². The van der Waals surface area contributed by atoms with Crippen molar-refractivity contribution in [2.24, 2.45) is 0 Å². The summed E-state index contributed by atoms with van der Waals surface area (Å²) < 4.78 is 5.05. The van der Waals surface area contributed by atoms with Crippen LogP contribution in [0.15, 0.2) is 0 Å². The van der Waals surface area contributed by atoms with E-state index in [0.717, 1.165) is 0 Å². The largest absolute Gasteiger partial charge is 0.481 e. The van der Waals surface area contributed by atoms with Crippen molar-refractivity contribution >= 4 is 17.9 Å². The maximum atomic E-state index is 11.7. The van der Waals surface area contributed by atoms with Crippen molar-refractivity contribution in [3.8, 4) is 0 Å². The van der Waals surface area contributed by atoms with Gasteiger partial charge in [-0.1, -0.05) is 0 Å². The van der Waals surface area contributed by atoms with Gasteiger partial charge < -0.3 is 20.3 Å². The average molecular weight is 261 g/mol. The molecule has 0 saturated heterocycles. The normalized spacial score (nSPS) is 12.8. The average Bonchev–Trinajstić information content (AvgIpc) is 2.12. The Kier molecular flexibility index (Phi) is 6.32. The van der Waals surface area contributed by atoms with Gasteiger partial charge in [0.25, 0.3) is 0 Å². The van der Waals surface area contributed by atoms with Crippen LogP contribution in [0.5, 0.6) is 0 Å². The Labute approximate surface area is 105 Å². The highest BCUT2D eigenvalue weighted by Gasteiger charge is 2.26. The van der Waals surface area contributed by atoms with Crippen molar-refractivity contribution in [2.45, 2.75) is 45.3 Å². The Hall–Kier alpha value is -1.63. The highest BCUT2D eigenvalue weighted by molar-refractivity contribution is 5.82. The van der Waals surface area contributed by atoms with E-state index < -0.39 is 36.0 Å². The van der Waals surface area contributed by atoms with Crippen LogP contribution in [0.4, 0.5) is 0 Å². The summed E-state index contributed by atoms with van der Waals surface area (Å²) in [6.45, 7) is 5.01. The lowest BCUT2D eigenvalue weighted by Crippen LogP contribution is -2.43.